The summed E-state index contributed by atoms with van der Waals surface area (Å²) in [4.78, 5) is 14.3. The summed E-state index contributed by atoms with van der Waals surface area (Å²) < 4.78 is 0. The number of benzene rings is 1. The Morgan fingerprint density at radius 2 is 2.06 bits per heavy atom. The van der Waals surface area contributed by atoms with Crippen molar-refractivity contribution < 1.29 is 4.79 Å². The lowest BCUT2D eigenvalue weighted by Gasteiger charge is -2.35. The second kappa shape index (κ2) is 3.91. The first-order valence-corrected chi connectivity index (χ1v) is 5.95. The van der Waals surface area contributed by atoms with Crippen LogP contribution in [0.15, 0.2) is 30.3 Å². The molecule has 2 aliphatic rings. The fourth-order valence-corrected chi connectivity index (χ4v) is 2.75. The van der Waals surface area contributed by atoms with Crippen molar-refractivity contribution in [1.29, 1.82) is 0 Å². The number of piperazine rings is 1. The summed E-state index contributed by atoms with van der Waals surface area (Å²) in [5, 5.41) is 3.37. The third kappa shape index (κ3) is 1.52. The molecule has 0 saturated carbocycles. The molecule has 16 heavy (non-hydrogen) atoms. The van der Waals surface area contributed by atoms with Crippen LogP contribution in [0.3, 0.4) is 0 Å². The van der Waals surface area contributed by atoms with Crippen LogP contribution in [0.25, 0.3) is 0 Å². The van der Waals surface area contributed by atoms with Gasteiger partial charge in [0.15, 0.2) is 0 Å². The van der Waals surface area contributed by atoms with Crippen LogP contribution in [0.4, 0.5) is 0 Å². The van der Waals surface area contributed by atoms with Gasteiger partial charge in [-0.15, -0.1) is 0 Å². The second-order valence-electron chi connectivity index (χ2n) is 4.58. The molecule has 0 radical (unpaired) electrons. The molecule has 1 aromatic carbocycles. The molecule has 2 saturated heterocycles. The standard InChI is InChI=1S/C13H16N2O/c16-13-12(10-5-2-1-3-6-10)14-9-11-7-4-8-15(11)13/h1-3,5-6,11-12,14H,4,7-9H2/t11-,12?/m1/s1. The molecule has 84 valence electrons. The summed E-state index contributed by atoms with van der Waals surface area (Å²) in [5.74, 6) is 0.250. The van der Waals surface area contributed by atoms with Crippen molar-refractivity contribution in [1.82, 2.24) is 10.2 Å². The Bertz CT molecular complexity index is 390. The summed E-state index contributed by atoms with van der Waals surface area (Å²) >= 11 is 0. The number of carbonyl (C=O) groups is 1. The zero-order valence-corrected chi connectivity index (χ0v) is 9.23. The number of hydrogen-bond acceptors (Lipinski definition) is 2. The summed E-state index contributed by atoms with van der Waals surface area (Å²) in [6.07, 6.45) is 2.31. The highest BCUT2D eigenvalue weighted by Crippen LogP contribution is 2.27. The summed E-state index contributed by atoms with van der Waals surface area (Å²) in [5.41, 5.74) is 1.08. The van der Waals surface area contributed by atoms with Crippen molar-refractivity contribution in [3.63, 3.8) is 0 Å². The molecule has 2 atom stereocenters. The van der Waals surface area contributed by atoms with E-state index in [4.69, 9.17) is 0 Å². The molecular formula is C13H16N2O. The van der Waals surface area contributed by atoms with Gasteiger partial charge in [0, 0.05) is 19.1 Å². The van der Waals surface area contributed by atoms with E-state index in [0.717, 1.165) is 31.5 Å². The fraction of sp³-hybridized carbons (Fsp3) is 0.462. The Morgan fingerprint density at radius 3 is 2.88 bits per heavy atom. The van der Waals surface area contributed by atoms with Gasteiger partial charge in [0.2, 0.25) is 5.91 Å². The number of fused-ring (bicyclic) bond motifs is 1. The third-order valence-corrected chi connectivity index (χ3v) is 3.60. The summed E-state index contributed by atoms with van der Waals surface area (Å²) in [6, 6.07) is 10.3. The predicted molar refractivity (Wildman–Crippen MR) is 61.9 cm³/mol. The van der Waals surface area contributed by atoms with Crippen LogP contribution < -0.4 is 5.32 Å². The molecule has 3 nitrogen and oxygen atoms in total. The van der Waals surface area contributed by atoms with E-state index in [1.807, 2.05) is 35.2 Å². The maximum Gasteiger partial charge on any atom is 0.244 e. The van der Waals surface area contributed by atoms with Gasteiger partial charge in [0.05, 0.1) is 0 Å². The molecule has 3 heteroatoms. The number of hydrogen-bond donors (Lipinski definition) is 1. The maximum absolute atomic E-state index is 12.3. The number of amides is 1. The Morgan fingerprint density at radius 1 is 1.25 bits per heavy atom. The molecule has 3 rings (SSSR count). The van der Waals surface area contributed by atoms with Crippen molar-refractivity contribution in [3.8, 4) is 0 Å². The monoisotopic (exact) mass is 216 g/mol. The molecule has 0 spiro atoms. The lowest BCUT2D eigenvalue weighted by Crippen LogP contribution is -2.53. The molecule has 0 aromatic heterocycles. The molecule has 0 bridgehead atoms. The fourth-order valence-electron chi connectivity index (χ4n) is 2.75. The lowest BCUT2D eigenvalue weighted by molar-refractivity contribution is -0.137. The van der Waals surface area contributed by atoms with Gasteiger partial charge in [-0.1, -0.05) is 30.3 Å². The normalized spacial score (nSPS) is 29.2. The van der Waals surface area contributed by atoms with Crippen molar-refractivity contribution >= 4 is 5.91 Å². The molecule has 2 heterocycles. The van der Waals surface area contributed by atoms with Crippen molar-refractivity contribution in [2.75, 3.05) is 13.1 Å². The van der Waals surface area contributed by atoms with Crippen LogP contribution in [-0.2, 0) is 4.79 Å². The van der Waals surface area contributed by atoms with E-state index in [1.165, 1.54) is 0 Å². The summed E-state index contributed by atoms with van der Waals surface area (Å²) in [6.45, 7) is 1.87. The van der Waals surface area contributed by atoms with Crippen LogP contribution in [0, 0.1) is 0 Å². The van der Waals surface area contributed by atoms with Crippen LogP contribution >= 0.6 is 0 Å². The minimum absolute atomic E-state index is 0.129. The second-order valence-corrected chi connectivity index (χ2v) is 4.58. The van der Waals surface area contributed by atoms with Gasteiger partial charge in [0.1, 0.15) is 6.04 Å². The van der Waals surface area contributed by atoms with E-state index in [0.29, 0.717) is 6.04 Å². The van der Waals surface area contributed by atoms with Gasteiger partial charge in [-0.05, 0) is 18.4 Å². The van der Waals surface area contributed by atoms with Crippen molar-refractivity contribution in [3.05, 3.63) is 35.9 Å². The third-order valence-electron chi connectivity index (χ3n) is 3.60. The Labute approximate surface area is 95.4 Å². The van der Waals surface area contributed by atoms with Gasteiger partial charge in [-0.2, -0.15) is 0 Å². The highest BCUT2D eigenvalue weighted by molar-refractivity contribution is 5.84. The largest absolute Gasteiger partial charge is 0.337 e. The predicted octanol–water partition coefficient (Wildman–Crippen LogP) is 1.32. The first-order chi connectivity index (χ1) is 7.86. The van der Waals surface area contributed by atoms with Crippen LogP contribution in [0.2, 0.25) is 0 Å². The van der Waals surface area contributed by atoms with Crippen LogP contribution in [0.1, 0.15) is 24.4 Å². The van der Waals surface area contributed by atoms with Crippen molar-refractivity contribution in [2.45, 2.75) is 24.9 Å². The molecular weight excluding hydrogens is 200 g/mol. The topological polar surface area (TPSA) is 32.3 Å². The average Bonchev–Trinajstić information content (AvgIpc) is 2.80. The SMILES string of the molecule is O=C1C(c2ccccc2)NC[C@H]2CCCN12. The van der Waals surface area contributed by atoms with Gasteiger partial charge in [-0.3, -0.25) is 4.79 Å². The van der Waals surface area contributed by atoms with Crippen LogP contribution in [0.5, 0.6) is 0 Å². The minimum atomic E-state index is -0.129. The first kappa shape index (κ1) is 9.85. The molecule has 2 fully saturated rings. The molecule has 1 N–H and O–H groups in total. The molecule has 1 amide bonds. The highest BCUT2D eigenvalue weighted by Gasteiger charge is 2.37. The zero-order chi connectivity index (χ0) is 11.0. The van der Waals surface area contributed by atoms with Crippen molar-refractivity contribution in [2.24, 2.45) is 0 Å². The van der Waals surface area contributed by atoms with Gasteiger partial charge >= 0.3 is 0 Å². The summed E-state index contributed by atoms with van der Waals surface area (Å²) in [7, 11) is 0. The van der Waals surface area contributed by atoms with Gasteiger partial charge in [0.25, 0.3) is 0 Å². The Balaban J connectivity index is 1.85. The van der Waals surface area contributed by atoms with Crippen LogP contribution in [-0.4, -0.2) is 29.9 Å². The number of nitrogens with zero attached hydrogens (tertiary/aromatic N) is 1. The Hall–Kier alpha value is -1.35. The molecule has 1 unspecified atom stereocenters. The maximum atomic E-state index is 12.3. The lowest BCUT2D eigenvalue weighted by atomic mass is 10.0. The smallest absolute Gasteiger partial charge is 0.244 e. The van der Waals surface area contributed by atoms with Gasteiger partial charge in [-0.25, -0.2) is 0 Å². The van der Waals surface area contributed by atoms with E-state index in [1.54, 1.807) is 0 Å². The number of nitrogens with one attached hydrogen (secondary N) is 1. The molecule has 2 aliphatic heterocycles. The quantitative estimate of drug-likeness (QED) is 0.768. The zero-order valence-electron chi connectivity index (χ0n) is 9.23. The minimum Gasteiger partial charge on any atom is -0.337 e. The average molecular weight is 216 g/mol. The first-order valence-electron chi connectivity index (χ1n) is 5.95. The van der Waals surface area contributed by atoms with E-state index in [2.05, 4.69) is 5.32 Å². The number of carbonyl (C=O) groups excluding carboxylic acids is 1. The number of rotatable bonds is 1. The van der Waals surface area contributed by atoms with E-state index >= 15 is 0 Å². The molecule has 0 aliphatic carbocycles. The molecule has 1 aromatic rings. The Kier molecular flexibility index (Phi) is 2.40. The van der Waals surface area contributed by atoms with Gasteiger partial charge < -0.3 is 10.2 Å². The highest BCUT2D eigenvalue weighted by atomic mass is 16.2. The van der Waals surface area contributed by atoms with E-state index in [9.17, 15) is 4.79 Å². The van der Waals surface area contributed by atoms with E-state index in [-0.39, 0.29) is 11.9 Å². The van der Waals surface area contributed by atoms with E-state index < -0.39 is 0 Å².